The van der Waals surface area contributed by atoms with Gasteiger partial charge in [0.1, 0.15) is 5.69 Å². The minimum atomic E-state index is -0.0598. The van der Waals surface area contributed by atoms with Gasteiger partial charge in [-0.05, 0) is 37.1 Å². The predicted octanol–water partition coefficient (Wildman–Crippen LogP) is 3.06. The minimum Gasteiger partial charge on any atom is -0.368 e. The molecule has 152 valence electrons. The van der Waals surface area contributed by atoms with Gasteiger partial charge < -0.3 is 14.7 Å². The molecule has 29 heavy (non-hydrogen) atoms. The molecule has 0 aliphatic carbocycles. The van der Waals surface area contributed by atoms with Gasteiger partial charge in [-0.25, -0.2) is 0 Å². The Labute approximate surface area is 172 Å². The smallest absolute Gasteiger partial charge is 0.272 e. The van der Waals surface area contributed by atoms with E-state index in [2.05, 4.69) is 22.0 Å². The highest BCUT2D eigenvalue weighted by molar-refractivity contribution is 5.98. The number of likely N-dealkylation sites (tertiary alicyclic amines) is 1. The van der Waals surface area contributed by atoms with Crippen LogP contribution in [-0.4, -0.2) is 65.9 Å². The van der Waals surface area contributed by atoms with Crippen LogP contribution < -0.4 is 4.90 Å². The number of hydrogen-bond donors (Lipinski definition) is 0. The molecule has 4 rings (SSSR count). The molecule has 2 fully saturated rings. The molecule has 2 aliphatic rings. The number of hydrogen-bond acceptors (Lipinski definition) is 4. The second-order valence-corrected chi connectivity index (χ2v) is 7.75. The third kappa shape index (κ3) is 4.58. The number of piperazine rings is 1. The molecule has 0 atom stereocenters. The maximum absolute atomic E-state index is 13.0. The van der Waals surface area contributed by atoms with Crippen LogP contribution in [0.1, 0.15) is 46.5 Å². The van der Waals surface area contributed by atoms with Crippen molar-refractivity contribution in [2.45, 2.75) is 25.7 Å². The van der Waals surface area contributed by atoms with Crippen LogP contribution in [0.2, 0.25) is 0 Å². The third-order valence-corrected chi connectivity index (χ3v) is 5.81. The zero-order chi connectivity index (χ0) is 20.1. The summed E-state index contributed by atoms with van der Waals surface area (Å²) in [5.41, 5.74) is 2.11. The highest BCUT2D eigenvalue weighted by Crippen LogP contribution is 2.18. The lowest BCUT2D eigenvalue weighted by molar-refractivity contribution is 0.0746. The molecule has 6 nitrogen and oxygen atoms in total. The van der Waals surface area contributed by atoms with Crippen molar-refractivity contribution in [1.29, 1.82) is 0 Å². The minimum absolute atomic E-state index is 0.0231. The maximum atomic E-state index is 13.0. The number of amides is 2. The van der Waals surface area contributed by atoms with E-state index >= 15 is 0 Å². The number of aromatic nitrogens is 1. The summed E-state index contributed by atoms with van der Waals surface area (Å²) in [6.07, 6.45) is 6.00. The number of carbonyl (C=O) groups is 2. The lowest BCUT2D eigenvalue weighted by Crippen LogP contribution is -2.48. The van der Waals surface area contributed by atoms with Gasteiger partial charge in [0.2, 0.25) is 0 Å². The number of carbonyl (C=O) groups excluding carboxylic acids is 2. The summed E-state index contributed by atoms with van der Waals surface area (Å²) < 4.78 is 0. The van der Waals surface area contributed by atoms with Gasteiger partial charge in [0.05, 0.1) is 0 Å². The molecule has 1 aromatic heterocycles. The van der Waals surface area contributed by atoms with Crippen LogP contribution in [-0.2, 0) is 0 Å². The normalized spacial score (nSPS) is 17.7. The summed E-state index contributed by atoms with van der Waals surface area (Å²) in [5, 5.41) is 0. The van der Waals surface area contributed by atoms with Gasteiger partial charge in [-0.1, -0.05) is 31.0 Å². The number of benzene rings is 1. The first-order chi connectivity index (χ1) is 14.2. The van der Waals surface area contributed by atoms with Crippen molar-refractivity contribution in [2.75, 3.05) is 44.2 Å². The van der Waals surface area contributed by atoms with E-state index in [9.17, 15) is 9.59 Å². The number of rotatable bonds is 3. The van der Waals surface area contributed by atoms with E-state index in [0.717, 1.165) is 39.0 Å². The Bertz CT molecular complexity index is 839. The SMILES string of the molecule is O=C(c1ccnc(C(=O)N2CCCCCC2)c1)N1CCN(c2ccccc2)CC1. The molecule has 2 amide bonds. The van der Waals surface area contributed by atoms with Crippen LogP contribution in [0.25, 0.3) is 0 Å². The van der Waals surface area contributed by atoms with Gasteiger partial charge in [-0.3, -0.25) is 14.6 Å². The summed E-state index contributed by atoms with van der Waals surface area (Å²) in [4.78, 5) is 36.1. The van der Waals surface area contributed by atoms with Crippen molar-refractivity contribution in [3.63, 3.8) is 0 Å². The van der Waals surface area contributed by atoms with Crippen molar-refractivity contribution in [2.24, 2.45) is 0 Å². The molecule has 0 N–H and O–H groups in total. The van der Waals surface area contributed by atoms with Gasteiger partial charge in [-0.2, -0.15) is 0 Å². The number of para-hydroxylation sites is 1. The first-order valence-electron chi connectivity index (χ1n) is 10.6. The Hall–Kier alpha value is -2.89. The fourth-order valence-electron chi connectivity index (χ4n) is 4.11. The largest absolute Gasteiger partial charge is 0.368 e. The Balaban J connectivity index is 1.40. The van der Waals surface area contributed by atoms with Crippen LogP contribution in [0.3, 0.4) is 0 Å². The van der Waals surface area contributed by atoms with Crippen molar-refractivity contribution in [3.05, 3.63) is 59.9 Å². The second-order valence-electron chi connectivity index (χ2n) is 7.75. The van der Waals surface area contributed by atoms with Gasteiger partial charge in [0.25, 0.3) is 11.8 Å². The molecule has 3 heterocycles. The molecule has 0 unspecified atom stereocenters. The van der Waals surface area contributed by atoms with Crippen molar-refractivity contribution in [3.8, 4) is 0 Å². The molecular formula is C23H28N4O2. The first kappa shape index (κ1) is 19.4. The molecule has 0 bridgehead atoms. The first-order valence-corrected chi connectivity index (χ1v) is 10.6. The summed E-state index contributed by atoms with van der Waals surface area (Å²) in [6.45, 7) is 4.51. The maximum Gasteiger partial charge on any atom is 0.272 e. The fraction of sp³-hybridized carbons (Fsp3) is 0.435. The highest BCUT2D eigenvalue weighted by Gasteiger charge is 2.24. The van der Waals surface area contributed by atoms with E-state index in [4.69, 9.17) is 0 Å². The third-order valence-electron chi connectivity index (χ3n) is 5.81. The monoisotopic (exact) mass is 392 g/mol. The second kappa shape index (κ2) is 9.07. The lowest BCUT2D eigenvalue weighted by Gasteiger charge is -2.36. The molecule has 2 saturated heterocycles. The summed E-state index contributed by atoms with van der Waals surface area (Å²) >= 11 is 0. The Kier molecular flexibility index (Phi) is 6.08. The topological polar surface area (TPSA) is 56.8 Å². The van der Waals surface area contributed by atoms with Gasteiger partial charge in [0.15, 0.2) is 0 Å². The number of anilines is 1. The van der Waals surface area contributed by atoms with Crippen molar-refractivity contribution >= 4 is 17.5 Å². The van der Waals surface area contributed by atoms with E-state index in [1.807, 2.05) is 28.0 Å². The Morgan fingerprint density at radius 2 is 1.38 bits per heavy atom. The standard InChI is InChI=1S/C23H28N4O2/c28-22(27-16-14-25(15-17-27)20-8-4-3-5-9-20)19-10-11-24-21(18-19)23(29)26-12-6-1-2-7-13-26/h3-5,8-11,18H,1-2,6-7,12-17H2. The van der Waals surface area contributed by atoms with Gasteiger partial charge >= 0.3 is 0 Å². The zero-order valence-corrected chi connectivity index (χ0v) is 16.8. The van der Waals surface area contributed by atoms with E-state index in [-0.39, 0.29) is 11.8 Å². The van der Waals surface area contributed by atoms with Crippen LogP contribution in [0.4, 0.5) is 5.69 Å². The summed E-state index contributed by atoms with van der Waals surface area (Å²) in [5.74, 6) is -0.0829. The fourth-order valence-corrected chi connectivity index (χ4v) is 4.11. The predicted molar refractivity (Wildman–Crippen MR) is 113 cm³/mol. The molecule has 2 aromatic rings. The Morgan fingerprint density at radius 3 is 2.07 bits per heavy atom. The van der Waals surface area contributed by atoms with Crippen LogP contribution in [0.15, 0.2) is 48.7 Å². The highest BCUT2D eigenvalue weighted by atomic mass is 16.2. The van der Waals surface area contributed by atoms with E-state index in [0.29, 0.717) is 24.3 Å². The zero-order valence-electron chi connectivity index (χ0n) is 16.8. The van der Waals surface area contributed by atoms with E-state index in [1.54, 1.807) is 18.3 Å². The van der Waals surface area contributed by atoms with Crippen molar-refractivity contribution in [1.82, 2.24) is 14.8 Å². The molecule has 1 aromatic carbocycles. The van der Waals surface area contributed by atoms with Crippen LogP contribution in [0, 0.1) is 0 Å². The number of pyridine rings is 1. The lowest BCUT2D eigenvalue weighted by atomic mass is 10.1. The quantitative estimate of drug-likeness (QED) is 0.806. The molecular weight excluding hydrogens is 364 g/mol. The van der Waals surface area contributed by atoms with Gasteiger partial charge in [-0.15, -0.1) is 0 Å². The summed E-state index contributed by atoms with van der Waals surface area (Å²) in [6, 6.07) is 13.7. The molecule has 6 heteroatoms. The van der Waals surface area contributed by atoms with E-state index in [1.165, 1.54) is 18.5 Å². The molecule has 0 radical (unpaired) electrons. The van der Waals surface area contributed by atoms with E-state index < -0.39 is 0 Å². The molecule has 0 saturated carbocycles. The van der Waals surface area contributed by atoms with Crippen LogP contribution >= 0.6 is 0 Å². The average Bonchev–Trinajstić information content (AvgIpc) is 3.08. The Morgan fingerprint density at radius 1 is 0.724 bits per heavy atom. The molecule has 2 aliphatic heterocycles. The number of nitrogens with zero attached hydrogens (tertiary/aromatic N) is 4. The summed E-state index contributed by atoms with van der Waals surface area (Å²) in [7, 11) is 0. The average molecular weight is 393 g/mol. The van der Waals surface area contributed by atoms with Gasteiger partial charge in [0, 0.05) is 56.7 Å². The van der Waals surface area contributed by atoms with Crippen molar-refractivity contribution < 1.29 is 9.59 Å². The van der Waals surface area contributed by atoms with Crippen LogP contribution in [0.5, 0.6) is 0 Å². The molecule has 0 spiro atoms.